The lowest BCUT2D eigenvalue weighted by molar-refractivity contribution is 0.125. The van der Waals surface area contributed by atoms with Crippen molar-refractivity contribution < 1.29 is 10.2 Å². The summed E-state index contributed by atoms with van der Waals surface area (Å²) in [6.07, 6.45) is 1.74. The Morgan fingerprint density at radius 3 is 1.83 bits per heavy atom. The van der Waals surface area contributed by atoms with E-state index in [9.17, 15) is 5.11 Å². The number of hydrogen-bond acceptors (Lipinski definition) is 2. The molecule has 0 aliphatic carbocycles. The standard InChI is InChI=1S/C9H20O2Si/c1-9(2,11)8(6-7-10)12(3,4)5/h6,10-11H,7H2,1-5H3/b8-6-. The van der Waals surface area contributed by atoms with Crippen molar-refractivity contribution in [3.8, 4) is 0 Å². The van der Waals surface area contributed by atoms with Crippen LogP contribution in [0.2, 0.25) is 19.6 Å². The van der Waals surface area contributed by atoms with Crippen molar-refractivity contribution in [2.75, 3.05) is 6.61 Å². The molecule has 0 saturated carbocycles. The molecule has 3 heteroatoms. The van der Waals surface area contributed by atoms with Gasteiger partial charge in [0.15, 0.2) is 0 Å². The molecule has 0 rings (SSSR count). The van der Waals surface area contributed by atoms with Crippen LogP contribution in [-0.4, -0.2) is 30.5 Å². The molecule has 0 atom stereocenters. The Labute approximate surface area is 75.9 Å². The summed E-state index contributed by atoms with van der Waals surface area (Å²) in [7, 11) is -1.49. The number of aliphatic hydroxyl groups is 2. The van der Waals surface area contributed by atoms with Crippen LogP contribution in [0.15, 0.2) is 11.3 Å². The molecule has 0 unspecified atom stereocenters. The van der Waals surface area contributed by atoms with Gasteiger partial charge in [0.05, 0.1) is 20.3 Å². The molecule has 0 aliphatic rings. The van der Waals surface area contributed by atoms with Crippen molar-refractivity contribution in [1.29, 1.82) is 0 Å². The van der Waals surface area contributed by atoms with Gasteiger partial charge in [-0.2, -0.15) is 0 Å². The zero-order chi connectivity index (χ0) is 9.99. The molecule has 0 radical (unpaired) electrons. The molecular formula is C9H20O2Si. The van der Waals surface area contributed by atoms with Gasteiger partial charge in [-0.3, -0.25) is 0 Å². The molecule has 0 fully saturated rings. The van der Waals surface area contributed by atoms with E-state index in [0.29, 0.717) is 0 Å². The molecule has 0 saturated heterocycles. The summed E-state index contributed by atoms with van der Waals surface area (Å²) in [6.45, 7) is 10.0. The Hall–Kier alpha value is -0.123. The highest BCUT2D eigenvalue weighted by Crippen LogP contribution is 2.25. The average molecular weight is 188 g/mol. The molecule has 0 aromatic carbocycles. The van der Waals surface area contributed by atoms with Crippen LogP contribution in [0.4, 0.5) is 0 Å². The van der Waals surface area contributed by atoms with Gasteiger partial charge >= 0.3 is 0 Å². The maximum atomic E-state index is 9.80. The lowest BCUT2D eigenvalue weighted by atomic mass is 10.1. The van der Waals surface area contributed by atoms with Crippen LogP contribution in [-0.2, 0) is 0 Å². The van der Waals surface area contributed by atoms with Crippen LogP contribution in [0, 0.1) is 0 Å². The first kappa shape index (κ1) is 11.9. The van der Waals surface area contributed by atoms with E-state index in [1.807, 2.05) is 0 Å². The van der Waals surface area contributed by atoms with Gasteiger partial charge in [-0.05, 0) is 13.8 Å². The third-order valence-electron chi connectivity index (χ3n) is 1.76. The van der Waals surface area contributed by atoms with Crippen LogP contribution < -0.4 is 0 Å². The second kappa shape index (κ2) is 3.73. The minimum atomic E-state index is -1.49. The van der Waals surface area contributed by atoms with Crippen molar-refractivity contribution in [1.82, 2.24) is 0 Å². The minimum Gasteiger partial charge on any atom is -0.392 e. The van der Waals surface area contributed by atoms with Crippen LogP contribution in [0.3, 0.4) is 0 Å². The van der Waals surface area contributed by atoms with Gasteiger partial charge in [0.2, 0.25) is 0 Å². The molecule has 12 heavy (non-hydrogen) atoms. The third kappa shape index (κ3) is 3.52. The van der Waals surface area contributed by atoms with Gasteiger partial charge in [-0.1, -0.05) is 30.9 Å². The molecule has 2 N–H and O–H groups in total. The predicted octanol–water partition coefficient (Wildman–Crippen LogP) is 1.55. The fourth-order valence-corrected chi connectivity index (χ4v) is 4.10. The van der Waals surface area contributed by atoms with E-state index in [1.165, 1.54) is 0 Å². The SMILES string of the molecule is CC(C)(O)/C(=C/CO)[Si](C)(C)C. The average Bonchev–Trinajstić information content (AvgIpc) is 1.77. The second-order valence-electron chi connectivity index (χ2n) is 4.61. The van der Waals surface area contributed by atoms with Crippen molar-refractivity contribution in [2.24, 2.45) is 0 Å². The molecule has 0 aliphatic heterocycles. The summed E-state index contributed by atoms with van der Waals surface area (Å²) >= 11 is 0. The monoisotopic (exact) mass is 188 g/mol. The van der Waals surface area contributed by atoms with Crippen molar-refractivity contribution in [3.05, 3.63) is 11.3 Å². The van der Waals surface area contributed by atoms with E-state index in [2.05, 4.69) is 19.6 Å². The molecule has 72 valence electrons. The molecule has 2 nitrogen and oxygen atoms in total. The summed E-state index contributed by atoms with van der Waals surface area (Å²) in [5.41, 5.74) is -0.785. The molecule has 0 amide bonds. The van der Waals surface area contributed by atoms with Gasteiger partial charge in [0.25, 0.3) is 0 Å². The fraction of sp³-hybridized carbons (Fsp3) is 0.778. The van der Waals surface area contributed by atoms with Crippen molar-refractivity contribution >= 4 is 8.07 Å². The van der Waals surface area contributed by atoms with Crippen molar-refractivity contribution in [3.63, 3.8) is 0 Å². The molecule has 0 bridgehead atoms. The number of aliphatic hydroxyl groups excluding tert-OH is 1. The van der Waals surface area contributed by atoms with Crippen LogP contribution in [0.1, 0.15) is 13.8 Å². The Kier molecular flexibility index (Phi) is 3.69. The second-order valence-corrected chi connectivity index (χ2v) is 9.65. The molecule has 0 spiro atoms. The Bertz CT molecular complexity index is 156. The van der Waals surface area contributed by atoms with Crippen LogP contribution in [0.5, 0.6) is 0 Å². The minimum absolute atomic E-state index is 0.0175. The first-order valence-electron chi connectivity index (χ1n) is 4.24. The summed E-state index contributed by atoms with van der Waals surface area (Å²) in [6, 6.07) is 0. The summed E-state index contributed by atoms with van der Waals surface area (Å²) in [5.74, 6) is 0. The lowest BCUT2D eigenvalue weighted by Crippen LogP contribution is -2.38. The first-order chi connectivity index (χ1) is 5.19. The summed E-state index contributed by atoms with van der Waals surface area (Å²) < 4.78 is 0. The van der Waals surface area contributed by atoms with E-state index < -0.39 is 13.7 Å². The zero-order valence-corrected chi connectivity index (χ0v) is 9.68. The van der Waals surface area contributed by atoms with Crippen molar-refractivity contribution in [2.45, 2.75) is 39.1 Å². The number of hydrogen-bond donors (Lipinski definition) is 2. The normalized spacial score (nSPS) is 15.1. The Balaban J connectivity index is 4.83. The topological polar surface area (TPSA) is 40.5 Å². The zero-order valence-electron chi connectivity index (χ0n) is 8.68. The molecular weight excluding hydrogens is 168 g/mol. The van der Waals surface area contributed by atoms with E-state index in [-0.39, 0.29) is 6.61 Å². The smallest absolute Gasteiger partial charge is 0.0766 e. The first-order valence-corrected chi connectivity index (χ1v) is 7.74. The molecule has 0 heterocycles. The maximum Gasteiger partial charge on any atom is 0.0766 e. The highest BCUT2D eigenvalue weighted by molar-refractivity contribution is 6.83. The summed E-state index contributed by atoms with van der Waals surface area (Å²) in [5, 5.41) is 19.6. The van der Waals surface area contributed by atoms with Gasteiger partial charge < -0.3 is 10.2 Å². The fourth-order valence-electron chi connectivity index (χ4n) is 1.56. The Morgan fingerprint density at radius 2 is 1.75 bits per heavy atom. The van der Waals surface area contributed by atoms with Crippen LogP contribution in [0.25, 0.3) is 0 Å². The van der Waals surface area contributed by atoms with Gasteiger partial charge in [-0.25, -0.2) is 0 Å². The number of rotatable bonds is 3. The van der Waals surface area contributed by atoms with E-state index >= 15 is 0 Å². The third-order valence-corrected chi connectivity index (χ3v) is 4.19. The van der Waals surface area contributed by atoms with Gasteiger partial charge in [0, 0.05) is 0 Å². The lowest BCUT2D eigenvalue weighted by Gasteiger charge is -2.31. The quantitative estimate of drug-likeness (QED) is 0.660. The van der Waals surface area contributed by atoms with Gasteiger partial charge in [-0.15, -0.1) is 0 Å². The largest absolute Gasteiger partial charge is 0.392 e. The molecule has 0 aromatic heterocycles. The van der Waals surface area contributed by atoms with E-state index in [0.717, 1.165) is 5.20 Å². The van der Waals surface area contributed by atoms with Crippen LogP contribution >= 0.6 is 0 Å². The highest BCUT2D eigenvalue weighted by Gasteiger charge is 2.30. The van der Waals surface area contributed by atoms with E-state index in [1.54, 1.807) is 19.9 Å². The highest BCUT2D eigenvalue weighted by atomic mass is 28.3. The molecule has 0 aromatic rings. The Morgan fingerprint density at radius 1 is 1.33 bits per heavy atom. The predicted molar refractivity (Wildman–Crippen MR) is 54.8 cm³/mol. The van der Waals surface area contributed by atoms with E-state index in [4.69, 9.17) is 5.11 Å². The summed E-state index contributed by atoms with van der Waals surface area (Å²) in [4.78, 5) is 0. The maximum absolute atomic E-state index is 9.80. The van der Waals surface area contributed by atoms with Gasteiger partial charge in [0.1, 0.15) is 0 Å².